The van der Waals surface area contributed by atoms with E-state index in [-0.39, 0.29) is 18.0 Å². The normalized spacial score (nSPS) is 24.2. The van der Waals surface area contributed by atoms with E-state index >= 15 is 0 Å². The van der Waals surface area contributed by atoms with Crippen LogP contribution in [0, 0.1) is 6.92 Å². The van der Waals surface area contributed by atoms with Crippen LogP contribution in [0.15, 0.2) is 46.1 Å². The molecule has 0 amide bonds. The highest BCUT2D eigenvalue weighted by Crippen LogP contribution is 2.41. The zero-order chi connectivity index (χ0) is 17.5. The van der Waals surface area contributed by atoms with Gasteiger partial charge in [0.05, 0.1) is 6.04 Å². The molecule has 1 fully saturated rings. The van der Waals surface area contributed by atoms with Gasteiger partial charge in [-0.15, -0.1) is 0 Å². The fourth-order valence-electron chi connectivity index (χ4n) is 2.94. The molecule has 1 aromatic heterocycles. The number of H-pyrrole nitrogens is 1. The van der Waals surface area contributed by atoms with Gasteiger partial charge in [-0.2, -0.15) is 5.06 Å². The Kier molecular flexibility index (Phi) is 3.86. The van der Waals surface area contributed by atoms with E-state index in [1.54, 1.807) is 7.05 Å². The molecule has 0 saturated carbocycles. The van der Waals surface area contributed by atoms with Crippen LogP contribution < -0.4 is 11.2 Å². The van der Waals surface area contributed by atoms with Gasteiger partial charge in [-0.05, 0) is 12.5 Å². The van der Waals surface area contributed by atoms with E-state index in [0.717, 1.165) is 10.1 Å². The molecule has 2 N–H and O–H groups in total. The molecule has 126 valence electrons. The molecule has 0 unspecified atom stereocenters. The number of aryl methyl sites for hydroxylation is 1. The Balaban J connectivity index is 2.12. The molecule has 0 aliphatic carbocycles. The molecule has 0 radical (unpaired) electrons. The number of carboxylic acid groups (broad SMARTS) is 1. The molecular formula is C16H17N3O5. The molecule has 24 heavy (non-hydrogen) atoms. The highest BCUT2D eigenvalue weighted by molar-refractivity contribution is 5.75. The molecule has 1 saturated heterocycles. The SMILES string of the molecule is Cc1cn([C@@]2(C(=O)O)C[C@H](c3ccccc3)N(C)O2)c(=O)[nH]c1=O. The standard InChI is InChI=1S/C16H17N3O5/c1-10-9-19(15(23)17-13(10)20)16(14(21)22)8-12(18(2)24-16)11-6-4-3-5-7-11/h3-7,9,12H,8H2,1-2H3,(H,21,22)(H,17,20,23)/t12-,16+/m1/s1. The Morgan fingerprint density at radius 2 is 2.00 bits per heavy atom. The first-order valence-corrected chi connectivity index (χ1v) is 7.38. The zero-order valence-corrected chi connectivity index (χ0v) is 13.2. The van der Waals surface area contributed by atoms with Crippen LogP contribution in [0.1, 0.15) is 23.6 Å². The average molecular weight is 331 g/mol. The number of aromatic nitrogens is 2. The van der Waals surface area contributed by atoms with Gasteiger partial charge in [0.1, 0.15) is 0 Å². The molecule has 0 bridgehead atoms. The summed E-state index contributed by atoms with van der Waals surface area (Å²) in [7, 11) is 1.62. The van der Waals surface area contributed by atoms with E-state index in [0.29, 0.717) is 0 Å². The number of nitrogens with zero attached hydrogens (tertiary/aromatic N) is 2. The molecule has 2 heterocycles. The van der Waals surface area contributed by atoms with Crippen LogP contribution in [0.2, 0.25) is 0 Å². The Hall–Kier alpha value is -2.71. The number of carbonyl (C=O) groups is 1. The minimum absolute atomic E-state index is 0.0221. The lowest BCUT2D eigenvalue weighted by atomic mass is 9.98. The summed E-state index contributed by atoms with van der Waals surface area (Å²) in [5.41, 5.74) is -2.19. The summed E-state index contributed by atoms with van der Waals surface area (Å²) in [6.45, 7) is 1.50. The van der Waals surface area contributed by atoms with E-state index in [1.165, 1.54) is 18.2 Å². The number of nitrogens with one attached hydrogen (secondary N) is 1. The van der Waals surface area contributed by atoms with Crippen LogP contribution in [0.3, 0.4) is 0 Å². The summed E-state index contributed by atoms with van der Waals surface area (Å²) >= 11 is 0. The molecule has 3 rings (SSSR count). The molecule has 1 aliphatic heterocycles. The number of rotatable bonds is 3. The smallest absolute Gasteiger partial charge is 0.359 e. The van der Waals surface area contributed by atoms with Crippen LogP contribution in [-0.4, -0.2) is 32.7 Å². The maximum atomic E-state index is 12.2. The molecule has 1 aromatic carbocycles. The first-order valence-electron chi connectivity index (χ1n) is 7.38. The predicted octanol–water partition coefficient (Wildman–Crippen LogP) is 0.591. The van der Waals surface area contributed by atoms with Crippen molar-refractivity contribution in [1.82, 2.24) is 14.6 Å². The van der Waals surface area contributed by atoms with Crippen molar-refractivity contribution < 1.29 is 14.7 Å². The van der Waals surface area contributed by atoms with E-state index in [9.17, 15) is 19.5 Å². The summed E-state index contributed by atoms with van der Waals surface area (Å²) < 4.78 is 0.936. The lowest BCUT2D eigenvalue weighted by Gasteiger charge is -2.25. The Morgan fingerprint density at radius 3 is 2.62 bits per heavy atom. The maximum Gasteiger partial charge on any atom is 0.359 e. The summed E-state index contributed by atoms with van der Waals surface area (Å²) in [5, 5.41) is 11.2. The third-order valence-electron chi connectivity index (χ3n) is 4.23. The van der Waals surface area contributed by atoms with Gasteiger partial charge in [0, 0.05) is 25.2 Å². The summed E-state index contributed by atoms with van der Waals surface area (Å²) in [6, 6.07) is 8.94. The molecule has 8 heteroatoms. The Labute approximate surface area is 136 Å². The topological polar surface area (TPSA) is 105 Å². The highest BCUT2D eigenvalue weighted by Gasteiger charge is 2.53. The number of carboxylic acids is 1. The number of hydroxylamine groups is 2. The molecular weight excluding hydrogens is 314 g/mol. The van der Waals surface area contributed by atoms with Crippen molar-refractivity contribution in [3.8, 4) is 0 Å². The van der Waals surface area contributed by atoms with Crippen molar-refractivity contribution in [2.75, 3.05) is 7.05 Å². The van der Waals surface area contributed by atoms with Gasteiger partial charge < -0.3 is 5.11 Å². The van der Waals surface area contributed by atoms with Crippen LogP contribution in [0.5, 0.6) is 0 Å². The Morgan fingerprint density at radius 1 is 1.33 bits per heavy atom. The minimum Gasteiger partial charge on any atom is -0.478 e. The van der Waals surface area contributed by atoms with Gasteiger partial charge in [-0.1, -0.05) is 30.3 Å². The zero-order valence-electron chi connectivity index (χ0n) is 13.2. The molecule has 8 nitrogen and oxygen atoms in total. The fraction of sp³-hybridized carbons (Fsp3) is 0.312. The molecule has 1 aliphatic rings. The second-order valence-corrected chi connectivity index (χ2v) is 5.80. The molecule has 2 aromatic rings. The van der Waals surface area contributed by atoms with Crippen LogP contribution in [0.4, 0.5) is 0 Å². The fourth-order valence-corrected chi connectivity index (χ4v) is 2.94. The number of hydrogen-bond donors (Lipinski definition) is 2. The van der Waals surface area contributed by atoms with Gasteiger partial charge in [-0.3, -0.25) is 19.2 Å². The maximum absolute atomic E-state index is 12.2. The minimum atomic E-state index is -1.92. The van der Waals surface area contributed by atoms with E-state index in [2.05, 4.69) is 4.98 Å². The van der Waals surface area contributed by atoms with Gasteiger partial charge in [0.2, 0.25) is 0 Å². The Bertz CT molecular complexity index is 889. The van der Waals surface area contributed by atoms with Gasteiger partial charge >= 0.3 is 11.7 Å². The van der Waals surface area contributed by atoms with Gasteiger partial charge in [0.25, 0.3) is 11.3 Å². The van der Waals surface area contributed by atoms with E-state index in [4.69, 9.17) is 4.84 Å². The number of benzene rings is 1. The summed E-state index contributed by atoms with van der Waals surface area (Å²) in [4.78, 5) is 43.5. The highest BCUT2D eigenvalue weighted by atomic mass is 16.7. The number of aromatic amines is 1. The van der Waals surface area contributed by atoms with Gasteiger partial charge in [0.15, 0.2) is 0 Å². The number of hydrogen-bond acceptors (Lipinski definition) is 5. The second-order valence-electron chi connectivity index (χ2n) is 5.80. The van der Waals surface area contributed by atoms with Crippen LogP contribution >= 0.6 is 0 Å². The lowest BCUT2D eigenvalue weighted by Crippen LogP contribution is -2.50. The third kappa shape index (κ3) is 2.45. The summed E-state index contributed by atoms with van der Waals surface area (Å²) in [5.74, 6) is -1.30. The monoisotopic (exact) mass is 331 g/mol. The van der Waals surface area contributed by atoms with Crippen molar-refractivity contribution in [3.63, 3.8) is 0 Å². The lowest BCUT2D eigenvalue weighted by molar-refractivity contribution is -0.234. The first kappa shape index (κ1) is 16.2. The summed E-state index contributed by atoms with van der Waals surface area (Å²) in [6.07, 6.45) is 1.24. The van der Waals surface area contributed by atoms with Crippen molar-refractivity contribution in [2.24, 2.45) is 0 Å². The van der Waals surface area contributed by atoms with E-state index in [1.807, 2.05) is 30.3 Å². The molecule has 2 atom stereocenters. The second kappa shape index (κ2) is 5.73. The molecule has 0 spiro atoms. The van der Waals surface area contributed by atoms with Crippen molar-refractivity contribution in [3.05, 3.63) is 68.5 Å². The average Bonchev–Trinajstić information content (AvgIpc) is 2.90. The first-order chi connectivity index (χ1) is 11.3. The quantitative estimate of drug-likeness (QED) is 0.853. The van der Waals surface area contributed by atoms with Crippen LogP contribution in [0.25, 0.3) is 0 Å². The van der Waals surface area contributed by atoms with Crippen LogP contribution in [-0.2, 0) is 15.4 Å². The predicted molar refractivity (Wildman–Crippen MR) is 84.3 cm³/mol. The van der Waals surface area contributed by atoms with E-state index < -0.39 is 22.9 Å². The van der Waals surface area contributed by atoms with Crippen molar-refractivity contribution in [1.29, 1.82) is 0 Å². The van der Waals surface area contributed by atoms with Crippen molar-refractivity contribution >= 4 is 5.97 Å². The third-order valence-corrected chi connectivity index (χ3v) is 4.23. The van der Waals surface area contributed by atoms with Gasteiger partial charge in [-0.25, -0.2) is 9.59 Å². The largest absolute Gasteiger partial charge is 0.478 e. The van der Waals surface area contributed by atoms with Crippen molar-refractivity contribution in [2.45, 2.75) is 25.1 Å². The number of aliphatic carboxylic acids is 1.